The smallest absolute Gasteiger partial charge is 0.123 e. The van der Waals surface area contributed by atoms with Gasteiger partial charge >= 0.3 is 0 Å². The molecule has 110 valence electrons. The van der Waals surface area contributed by atoms with Gasteiger partial charge in [0, 0.05) is 12.6 Å². The van der Waals surface area contributed by atoms with E-state index in [2.05, 4.69) is 17.0 Å². The number of nitrogens with zero attached hydrogens (tertiary/aromatic N) is 1. The highest BCUT2D eigenvalue weighted by Crippen LogP contribution is 2.34. The summed E-state index contributed by atoms with van der Waals surface area (Å²) in [7, 11) is 1.69. The zero-order chi connectivity index (χ0) is 14.7. The van der Waals surface area contributed by atoms with E-state index in [0.29, 0.717) is 6.04 Å². The van der Waals surface area contributed by atoms with E-state index in [1.54, 1.807) is 19.2 Å². The Labute approximate surface area is 125 Å². The van der Waals surface area contributed by atoms with Gasteiger partial charge in [-0.2, -0.15) is 0 Å². The molecule has 0 radical (unpaired) electrons. The summed E-state index contributed by atoms with van der Waals surface area (Å²) in [6.07, 6.45) is 2.32. The van der Waals surface area contributed by atoms with Crippen LogP contribution in [0.5, 0.6) is 5.75 Å². The highest BCUT2D eigenvalue weighted by atomic mass is 19.1. The molecule has 21 heavy (non-hydrogen) atoms. The molecule has 3 rings (SSSR count). The van der Waals surface area contributed by atoms with Crippen LogP contribution in [0.4, 0.5) is 4.39 Å². The molecule has 0 bridgehead atoms. The monoisotopic (exact) mass is 285 g/mol. The van der Waals surface area contributed by atoms with Crippen molar-refractivity contribution in [3.63, 3.8) is 0 Å². The molecule has 0 saturated carbocycles. The summed E-state index contributed by atoms with van der Waals surface area (Å²) in [4.78, 5) is 2.42. The fraction of sp³-hybridized carbons (Fsp3) is 0.333. The average molecular weight is 285 g/mol. The van der Waals surface area contributed by atoms with Crippen molar-refractivity contribution in [1.82, 2.24) is 4.90 Å². The van der Waals surface area contributed by atoms with Crippen molar-refractivity contribution in [3.8, 4) is 5.75 Å². The maximum Gasteiger partial charge on any atom is 0.123 e. The zero-order valence-corrected chi connectivity index (χ0v) is 12.3. The molecular formula is C18H20FNO. The molecule has 1 fully saturated rings. The number of likely N-dealkylation sites (tertiary alicyclic amines) is 1. The van der Waals surface area contributed by atoms with Gasteiger partial charge < -0.3 is 4.74 Å². The molecule has 0 N–H and O–H groups in total. The first-order valence-corrected chi connectivity index (χ1v) is 7.39. The molecule has 0 spiro atoms. The van der Waals surface area contributed by atoms with Gasteiger partial charge in [0.25, 0.3) is 0 Å². The largest absolute Gasteiger partial charge is 0.497 e. The summed E-state index contributed by atoms with van der Waals surface area (Å²) in [6, 6.07) is 15.5. The van der Waals surface area contributed by atoms with Crippen molar-refractivity contribution in [2.45, 2.75) is 25.4 Å². The van der Waals surface area contributed by atoms with Crippen LogP contribution in [0.1, 0.15) is 30.0 Å². The Bertz CT molecular complexity index is 614. The molecule has 2 aromatic carbocycles. The van der Waals surface area contributed by atoms with Gasteiger partial charge in [-0.25, -0.2) is 4.39 Å². The number of halogens is 1. The summed E-state index contributed by atoms with van der Waals surface area (Å²) in [6.45, 7) is 1.85. The summed E-state index contributed by atoms with van der Waals surface area (Å²) in [5, 5.41) is 0. The SMILES string of the molecule is COc1cccc(C2CCCN2Cc2cccc(F)c2)c1. The standard InChI is InChI=1S/C18H20FNO/c1-21-17-8-3-6-15(12-17)18-9-4-10-20(18)13-14-5-2-7-16(19)11-14/h2-3,5-8,11-12,18H,4,9-10,13H2,1H3. The van der Waals surface area contributed by atoms with Crippen LogP contribution in [0.15, 0.2) is 48.5 Å². The Morgan fingerprint density at radius 2 is 2.05 bits per heavy atom. The molecule has 0 aliphatic carbocycles. The Kier molecular flexibility index (Phi) is 4.20. The topological polar surface area (TPSA) is 12.5 Å². The lowest BCUT2D eigenvalue weighted by molar-refractivity contribution is 0.247. The van der Waals surface area contributed by atoms with Crippen LogP contribution in [-0.2, 0) is 6.54 Å². The summed E-state index contributed by atoms with van der Waals surface area (Å²) < 4.78 is 18.6. The van der Waals surface area contributed by atoms with Crippen LogP contribution in [0, 0.1) is 5.82 Å². The van der Waals surface area contributed by atoms with E-state index in [1.165, 1.54) is 18.1 Å². The van der Waals surface area contributed by atoms with E-state index in [1.807, 2.05) is 18.2 Å². The van der Waals surface area contributed by atoms with Gasteiger partial charge in [-0.3, -0.25) is 4.90 Å². The van der Waals surface area contributed by atoms with Crippen molar-refractivity contribution in [2.24, 2.45) is 0 Å². The minimum Gasteiger partial charge on any atom is -0.497 e. The minimum atomic E-state index is -0.162. The number of methoxy groups -OCH3 is 1. The normalized spacial score (nSPS) is 18.9. The van der Waals surface area contributed by atoms with Gasteiger partial charge in [0.15, 0.2) is 0 Å². The van der Waals surface area contributed by atoms with Gasteiger partial charge in [-0.1, -0.05) is 24.3 Å². The van der Waals surface area contributed by atoms with E-state index in [4.69, 9.17) is 4.74 Å². The van der Waals surface area contributed by atoms with Crippen LogP contribution in [0.2, 0.25) is 0 Å². The van der Waals surface area contributed by atoms with Crippen LogP contribution in [-0.4, -0.2) is 18.6 Å². The quantitative estimate of drug-likeness (QED) is 0.836. The van der Waals surface area contributed by atoms with Crippen LogP contribution in [0.3, 0.4) is 0 Å². The second kappa shape index (κ2) is 6.27. The lowest BCUT2D eigenvalue weighted by atomic mass is 10.0. The van der Waals surface area contributed by atoms with E-state index >= 15 is 0 Å². The minimum absolute atomic E-state index is 0.162. The summed E-state index contributed by atoms with van der Waals surface area (Å²) in [5.41, 5.74) is 2.31. The molecule has 3 heteroatoms. The number of ether oxygens (including phenoxy) is 1. The molecule has 1 saturated heterocycles. The molecule has 1 atom stereocenters. The highest BCUT2D eigenvalue weighted by Gasteiger charge is 2.26. The Morgan fingerprint density at radius 3 is 2.86 bits per heavy atom. The van der Waals surface area contributed by atoms with Crippen molar-refractivity contribution >= 4 is 0 Å². The first-order chi connectivity index (χ1) is 10.3. The van der Waals surface area contributed by atoms with Crippen molar-refractivity contribution in [1.29, 1.82) is 0 Å². The van der Waals surface area contributed by atoms with Gasteiger partial charge in [0.1, 0.15) is 11.6 Å². The number of hydrogen-bond donors (Lipinski definition) is 0. The third-order valence-corrected chi connectivity index (χ3v) is 4.12. The Morgan fingerprint density at radius 1 is 1.19 bits per heavy atom. The Balaban J connectivity index is 1.78. The lowest BCUT2D eigenvalue weighted by Gasteiger charge is -2.25. The van der Waals surface area contributed by atoms with E-state index in [0.717, 1.165) is 30.8 Å². The number of rotatable bonds is 4. The molecular weight excluding hydrogens is 265 g/mol. The third kappa shape index (κ3) is 3.24. The van der Waals surface area contributed by atoms with E-state index in [-0.39, 0.29) is 5.82 Å². The molecule has 0 amide bonds. The second-order valence-corrected chi connectivity index (χ2v) is 5.54. The zero-order valence-electron chi connectivity index (χ0n) is 12.3. The van der Waals surface area contributed by atoms with Gasteiger partial charge in [-0.05, 0) is 54.8 Å². The predicted octanol–water partition coefficient (Wildman–Crippen LogP) is 4.17. The van der Waals surface area contributed by atoms with Crippen LogP contribution < -0.4 is 4.74 Å². The Hall–Kier alpha value is -1.87. The van der Waals surface area contributed by atoms with Crippen LogP contribution in [0.25, 0.3) is 0 Å². The molecule has 1 aliphatic heterocycles. The molecule has 1 heterocycles. The molecule has 2 aromatic rings. The molecule has 1 aliphatic rings. The fourth-order valence-corrected chi connectivity index (χ4v) is 3.11. The van der Waals surface area contributed by atoms with Gasteiger partial charge in [-0.15, -0.1) is 0 Å². The van der Waals surface area contributed by atoms with Crippen molar-refractivity contribution in [2.75, 3.05) is 13.7 Å². The van der Waals surface area contributed by atoms with E-state index < -0.39 is 0 Å². The molecule has 2 nitrogen and oxygen atoms in total. The molecule has 0 aromatic heterocycles. The lowest BCUT2D eigenvalue weighted by Crippen LogP contribution is -2.22. The second-order valence-electron chi connectivity index (χ2n) is 5.54. The maximum absolute atomic E-state index is 13.3. The number of benzene rings is 2. The van der Waals surface area contributed by atoms with Crippen molar-refractivity contribution < 1.29 is 9.13 Å². The van der Waals surface area contributed by atoms with Gasteiger partial charge in [0.2, 0.25) is 0 Å². The highest BCUT2D eigenvalue weighted by molar-refractivity contribution is 5.31. The summed E-state index contributed by atoms with van der Waals surface area (Å²) in [5.74, 6) is 0.731. The van der Waals surface area contributed by atoms with Gasteiger partial charge in [0.05, 0.1) is 7.11 Å². The first kappa shape index (κ1) is 14.1. The average Bonchev–Trinajstić information content (AvgIpc) is 2.95. The van der Waals surface area contributed by atoms with E-state index in [9.17, 15) is 4.39 Å². The predicted molar refractivity (Wildman–Crippen MR) is 81.8 cm³/mol. The number of hydrogen-bond acceptors (Lipinski definition) is 2. The first-order valence-electron chi connectivity index (χ1n) is 7.39. The third-order valence-electron chi connectivity index (χ3n) is 4.12. The maximum atomic E-state index is 13.3. The van der Waals surface area contributed by atoms with Crippen LogP contribution >= 0.6 is 0 Å². The molecule has 1 unspecified atom stereocenters. The fourth-order valence-electron chi connectivity index (χ4n) is 3.11. The summed E-state index contributed by atoms with van der Waals surface area (Å²) >= 11 is 0. The van der Waals surface area contributed by atoms with Crippen molar-refractivity contribution in [3.05, 3.63) is 65.5 Å².